The van der Waals surface area contributed by atoms with Gasteiger partial charge in [0.2, 0.25) is 0 Å². The molecule has 2 nitrogen and oxygen atoms in total. The summed E-state index contributed by atoms with van der Waals surface area (Å²) >= 11 is 3.14. The van der Waals surface area contributed by atoms with E-state index in [0.29, 0.717) is 25.9 Å². The fraction of sp³-hybridized carbons (Fsp3) is 0.900. The summed E-state index contributed by atoms with van der Waals surface area (Å²) in [5.74, 6) is -0.349. The summed E-state index contributed by atoms with van der Waals surface area (Å²) in [6, 6.07) is 0. The number of hydrogen-bond donors (Lipinski definition) is 0. The van der Waals surface area contributed by atoms with Crippen LogP contribution in [0, 0.1) is 0 Å². The number of unbranched alkanes of at least 4 members (excludes halogenated alkanes) is 2. The third kappa shape index (κ3) is 9.00. The van der Waals surface area contributed by atoms with Gasteiger partial charge in [0, 0.05) is 6.42 Å². The minimum atomic E-state index is -4.07. The van der Waals surface area contributed by atoms with Crippen molar-refractivity contribution in [3.05, 3.63) is 0 Å². The molecule has 0 fully saturated rings. The lowest BCUT2D eigenvalue weighted by Crippen LogP contribution is -2.17. The Morgan fingerprint density at radius 2 is 1.94 bits per heavy atom. The standard InChI is InChI=1S/C10H16BrF3O2/c1-2-16-9(15)8(11)6-4-3-5-7-10(12,13)14/h8H,2-7H2,1H3. The molecule has 1 atom stereocenters. The van der Waals surface area contributed by atoms with E-state index in [1.165, 1.54) is 0 Å². The summed E-state index contributed by atoms with van der Waals surface area (Å²) in [6.45, 7) is 2.02. The van der Waals surface area contributed by atoms with Crippen LogP contribution in [-0.2, 0) is 9.53 Å². The van der Waals surface area contributed by atoms with Crippen molar-refractivity contribution in [1.29, 1.82) is 0 Å². The molecule has 0 aliphatic rings. The van der Waals surface area contributed by atoms with Gasteiger partial charge in [-0.3, -0.25) is 4.79 Å². The molecule has 0 rings (SSSR count). The Kier molecular flexibility index (Phi) is 7.80. The zero-order chi connectivity index (χ0) is 12.6. The van der Waals surface area contributed by atoms with Crippen molar-refractivity contribution in [2.24, 2.45) is 0 Å². The Hall–Kier alpha value is -0.260. The van der Waals surface area contributed by atoms with Crippen molar-refractivity contribution in [2.45, 2.75) is 50.0 Å². The number of ether oxygens (including phenoxy) is 1. The summed E-state index contributed by atoms with van der Waals surface area (Å²) in [5, 5.41) is 0. The number of esters is 1. The molecule has 0 N–H and O–H groups in total. The quantitative estimate of drug-likeness (QED) is 0.406. The highest BCUT2D eigenvalue weighted by Gasteiger charge is 2.25. The van der Waals surface area contributed by atoms with Gasteiger partial charge in [-0.25, -0.2) is 0 Å². The van der Waals surface area contributed by atoms with Crippen LogP contribution in [-0.4, -0.2) is 23.6 Å². The largest absolute Gasteiger partial charge is 0.465 e. The maximum Gasteiger partial charge on any atom is 0.389 e. The van der Waals surface area contributed by atoms with Gasteiger partial charge in [0.1, 0.15) is 4.83 Å². The van der Waals surface area contributed by atoms with Crippen LogP contribution < -0.4 is 0 Å². The van der Waals surface area contributed by atoms with E-state index in [9.17, 15) is 18.0 Å². The van der Waals surface area contributed by atoms with Crippen molar-refractivity contribution in [3.8, 4) is 0 Å². The van der Waals surface area contributed by atoms with Gasteiger partial charge in [-0.1, -0.05) is 28.8 Å². The van der Waals surface area contributed by atoms with Gasteiger partial charge in [-0.15, -0.1) is 0 Å². The van der Waals surface area contributed by atoms with Crippen LogP contribution in [0.1, 0.15) is 39.0 Å². The summed E-state index contributed by atoms with van der Waals surface area (Å²) in [6.07, 6.45) is -3.14. The lowest BCUT2D eigenvalue weighted by atomic mass is 10.1. The Labute approximate surface area is 102 Å². The fourth-order valence-electron chi connectivity index (χ4n) is 1.18. The fourth-order valence-corrected chi connectivity index (χ4v) is 1.63. The second-order valence-corrected chi connectivity index (χ2v) is 4.54. The summed E-state index contributed by atoms with van der Waals surface area (Å²) in [7, 11) is 0. The molecule has 96 valence electrons. The predicted octanol–water partition coefficient (Wildman–Crippen LogP) is 3.83. The zero-order valence-corrected chi connectivity index (χ0v) is 10.7. The van der Waals surface area contributed by atoms with E-state index in [2.05, 4.69) is 15.9 Å². The molecule has 0 saturated heterocycles. The van der Waals surface area contributed by atoms with Crippen molar-refractivity contribution in [3.63, 3.8) is 0 Å². The number of alkyl halides is 4. The van der Waals surface area contributed by atoms with Crippen molar-refractivity contribution in [1.82, 2.24) is 0 Å². The SMILES string of the molecule is CCOC(=O)C(Br)CCCCCC(F)(F)F. The van der Waals surface area contributed by atoms with E-state index in [4.69, 9.17) is 4.74 Å². The number of carbonyl (C=O) groups is 1. The van der Waals surface area contributed by atoms with E-state index in [1.807, 2.05) is 0 Å². The molecule has 0 aromatic heterocycles. The van der Waals surface area contributed by atoms with E-state index in [0.717, 1.165) is 0 Å². The molecule has 0 amide bonds. The molecule has 1 unspecified atom stereocenters. The molecule has 0 heterocycles. The minimum absolute atomic E-state index is 0.117. The highest BCUT2D eigenvalue weighted by Crippen LogP contribution is 2.23. The van der Waals surface area contributed by atoms with Crippen LogP contribution in [0.15, 0.2) is 0 Å². The van der Waals surface area contributed by atoms with Gasteiger partial charge in [0.25, 0.3) is 0 Å². The number of halogens is 4. The number of rotatable bonds is 7. The van der Waals surface area contributed by atoms with Gasteiger partial charge in [-0.05, 0) is 19.8 Å². The van der Waals surface area contributed by atoms with Crippen molar-refractivity contribution < 1.29 is 22.7 Å². The van der Waals surface area contributed by atoms with Gasteiger partial charge in [0.05, 0.1) is 6.61 Å². The normalized spacial score (nSPS) is 13.6. The highest BCUT2D eigenvalue weighted by atomic mass is 79.9. The lowest BCUT2D eigenvalue weighted by molar-refractivity contribution is -0.142. The first-order valence-electron chi connectivity index (χ1n) is 5.24. The van der Waals surface area contributed by atoms with E-state index in [-0.39, 0.29) is 12.4 Å². The minimum Gasteiger partial charge on any atom is -0.465 e. The van der Waals surface area contributed by atoms with Gasteiger partial charge < -0.3 is 4.74 Å². The second-order valence-electron chi connectivity index (χ2n) is 3.43. The van der Waals surface area contributed by atoms with Crippen molar-refractivity contribution >= 4 is 21.9 Å². The molecule has 0 saturated carbocycles. The molecule has 0 aliphatic carbocycles. The third-order valence-corrected chi connectivity index (χ3v) is 2.79. The summed E-state index contributed by atoms with van der Waals surface area (Å²) < 4.78 is 40.1. The first-order valence-corrected chi connectivity index (χ1v) is 6.16. The molecule has 16 heavy (non-hydrogen) atoms. The average molecular weight is 305 g/mol. The Balaban J connectivity index is 3.48. The molecule has 0 bridgehead atoms. The van der Waals surface area contributed by atoms with Gasteiger partial charge >= 0.3 is 12.1 Å². The lowest BCUT2D eigenvalue weighted by Gasteiger charge is -2.09. The van der Waals surface area contributed by atoms with Crippen molar-refractivity contribution in [2.75, 3.05) is 6.61 Å². The maximum atomic E-state index is 11.8. The molecular weight excluding hydrogens is 289 g/mol. The average Bonchev–Trinajstić information content (AvgIpc) is 2.15. The zero-order valence-electron chi connectivity index (χ0n) is 9.15. The third-order valence-electron chi connectivity index (χ3n) is 1.96. The highest BCUT2D eigenvalue weighted by molar-refractivity contribution is 9.10. The van der Waals surface area contributed by atoms with Gasteiger partial charge in [0.15, 0.2) is 0 Å². The number of hydrogen-bond acceptors (Lipinski definition) is 2. The summed E-state index contributed by atoms with van der Waals surface area (Å²) in [5.41, 5.74) is 0. The first-order chi connectivity index (χ1) is 7.37. The molecule has 0 aliphatic heterocycles. The van der Waals surface area contributed by atoms with Crippen LogP contribution in [0.25, 0.3) is 0 Å². The van der Waals surface area contributed by atoms with E-state index >= 15 is 0 Å². The number of carbonyl (C=O) groups excluding carboxylic acids is 1. The summed E-state index contributed by atoms with van der Waals surface area (Å²) in [4.78, 5) is 10.7. The van der Waals surface area contributed by atoms with Crippen LogP contribution >= 0.6 is 15.9 Å². The molecule has 0 aromatic carbocycles. The molecule has 6 heteroatoms. The Morgan fingerprint density at radius 1 is 1.31 bits per heavy atom. The first kappa shape index (κ1) is 15.7. The molecular formula is C10H16BrF3O2. The molecule has 0 spiro atoms. The smallest absolute Gasteiger partial charge is 0.389 e. The van der Waals surface area contributed by atoms with Crippen LogP contribution in [0.5, 0.6) is 0 Å². The van der Waals surface area contributed by atoms with E-state index in [1.54, 1.807) is 6.92 Å². The maximum absolute atomic E-state index is 11.8. The second kappa shape index (κ2) is 7.92. The Morgan fingerprint density at radius 3 is 2.44 bits per heavy atom. The van der Waals surface area contributed by atoms with E-state index < -0.39 is 17.4 Å². The monoisotopic (exact) mass is 304 g/mol. The Bertz CT molecular complexity index is 207. The van der Waals surface area contributed by atoms with Crippen LogP contribution in [0.2, 0.25) is 0 Å². The van der Waals surface area contributed by atoms with Crippen LogP contribution in [0.4, 0.5) is 13.2 Å². The van der Waals surface area contributed by atoms with Crippen LogP contribution in [0.3, 0.4) is 0 Å². The predicted molar refractivity (Wildman–Crippen MR) is 58.5 cm³/mol. The van der Waals surface area contributed by atoms with Gasteiger partial charge in [-0.2, -0.15) is 13.2 Å². The molecule has 0 radical (unpaired) electrons. The molecule has 0 aromatic rings. The topological polar surface area (TPSA) is 26.3 Å².